The van der Waals surface area contributed by atoms with Gasteiger partial charge in [0, 0.05) is 6.42 Å². The molecule has 0 saturated carbocycles. The molecule has 0 spiro atoms. The first kappa shape index (κ1) is 11.3. The highest BCUT2D eigenvalue weighted by Gasteiger charge is 2.07. The van der Waals surface area contributed by atoms with Crippen LogP contribution >= 0.6 is 0 Å². The average molecular weight is 206 g/mol. The monoisotopic (exact) mass is 206 g/mol. The first-order chi connectivity index (χ1) is 7.20. The lowest BCUT2D eigenvalue weighted by molar-refractivity contribution is -0.107. The lowest BCUT2D eigenvalue weighted by Gasteiger charge is -2.04. The Hall–Kier alpha value is -1.77. The number of carbonyl (C=O) groups excluding carboxylic acids is 2. The first-order valence-corrected chi connectivity index (χ1v) is 4.55. The lowest BCUT2D eigenvalue weighted by atomic mass is 10.0. The minimum absolute atomic E-state index is 0.0390. The molecule has 78 valence electrons. The summed E-state index contributed by atoms with van der Waals surface area (Å²) in [5.41, 5.74) is 1.38. The maximum Gasteiger partial charge on any atom is 0.153 e. The predicted octanol–water partition coefficient (Wildman–Crippen LogP) is 2.55. The molecular weight excluding hydrogens is 195 g/mol. The topological polar surface area (TPSA) is 34.1 Å². The molecule has 1 aromatic rings. The summed E-state index contributed by atoms with van der Waals surface area (Å²) >= 11 is 0. The first-order valence-electron chi connectivity index (χ1n) is 4.55. The van der Waals surface area contributed by atoms with Crippen LogP contribution in [0.4, 0.5) is 4.39 Å². The van der Waals surface area contributed by atoms with E-state index in [1.54, 1.807) is 25.1 Å². The SMILES string of the molecule is Cc1ccc(F)c(C=O)c1C=CCC=O. The predicted molar refractivity (Wildman–Crippen MR) is 56.2 cm³/mol. The molecule has 0 fully saturated rings. The summed E-state index contributed by atoms with van der Waals surface area (Å²) in [6.07, 6.45) is 4.68. The molecule has 1 rings (SSSR count). The molecule has 0 aliphatic carbocycles. The van der Waals surface area contributed by atoms with Gasteiger partial charge in [0.2, 0.25) is 0 Å². The molecule has 1 aromatic carbocycles. The van der Waals surface area contributed by atoms with Crippen LogP contribution in [0.5, 0.6) is 0 Å². The van der Waals surface area contributed by atoms with Crippen LogP contribution in [0.3, 0.4) is 0 Å². The van der Waals surface area contributed by atoms with Crippen molar-refractivity contribution in [2.24, 2.45) is 0 Å². The highest BCUT2D eigenvalue weighted by Crippen LogP contribution is 2.18. The average Bonchev–Trinajstić information content (AvgIpc) is 2.23. The van der Waals surface area contributed by atoms with E-state index in [0.29, 0.717) is 11.8 Å². The Balaban J connectivity index is 3.18. The Morgan fingerprint density at radius 3 is 2.60 bits per heavy atom. The molecular formula is C12H11FO2. The second-order valence-corrected chi connectivity index (χ2v) is 3.11. The van der Waals surface area contributed by atoms with Crippen LogP contribution in [-0.2, 0) is 4.79 Å². The smallest absolute Gasteiger partial charge is 0.153 e. The van der Waals surface area contributed by atoms with Crippen LogP contribution in [0.1, 0.15) is 27.9 Å². The number of allylic oxidation sites excluding steroid dienone is 1. The minimum atomic E-state index is -0.540. The third-order valence-corrected chi connectivity index (χ3v) is 2.09. The van der Waals surface area contributed by atoms with E-state index < -0.39 is 5.82 Å². The summed E-state index contributed by atoms with van der Waals surface area (Å²) in [6, 6.07) is 2.86. The maximum atomic E-state index is 13.2. The summed E-state index contributed by atoms with van der Waals surface area (Å²) in [6.45, 7) is 1.78. The van der Waals surface area contributed by atoms with Gasteiger partial charge >= 0.3 is 0 Å². The molecule has 0 atom stereocenters. The molecule has 15 heavy (non-hydrogen) atoms. The van der Waals surface area contributed by atoms with Gasteiger partial charge in [-0.3, -0.25) is 4.79 Å². The second kappa shape index (κ2) is 5.20. The minimum Gasteiger partial charge on any atom is -0.303 e. The zero-order valence-electron chi connectivity index (χ0n) is 8.37. The van der Waals surface area contributed by atoms with Gasteiger partial charge in [0.15, 0.2) is 6.29 Å². The summed E-state index contributed by atoms with van der Waals surface area (Å²) < 4.78 is 13.2. The van der Waals surface area contributed by atoms with Crippen molar-refractivity contribution >= 4 is 18.6 Å². The third-order valence-electron chi connectivity index (χ3n) is 2.09. The summed E-state index contributed by atoms with van der Waals surface area (Å²) in [7, 11) is 0. The highest BCUT2D eigenvalue weighted by atomic mass is 19.1. The second-order valence-electron chi connectivity index (χ2n) is 3.11. The molecule has 0 aromatic heterocycles. The number of hydrogen-bond acceptors (Lipinski definition) is 2. The van der Waals surface area contributed by atoms with Gasteiger partial charge in [-0.05, 0) is 24.1 Å². The van der Waals surface area contributed by atoms with Crippen molar-refractivity contribution < 1.29 is 14.0 Å². The standard InChI is InChI=1S/C12H11FO2/c1-9-5-6-12(13)11(8-15)10(9)4-2-3-7-14/h2,4-8H,3H2,1H3. The molecule has 0 N–H and O–H groups in total. The van der Waals surface area contributed by atoms with E-state index >= 15 is 0 Å². The van der Waals surface area contributed by atoms with Gasteiger partial charge in [-0.1, -0.05) is 18.2 Å². The quantitative estimate of drug-likeness (QED) is 0.709. The van der Waals surface area contributed by atoms with Gasteiger partial charge in [-0.25, -0.2) is 4.39 Å². The molecule has 2 nitrogen and oxygen atoms in total. The number of hydrogen-bond donors (Lipinski definition) is 0. The fourth-order valence-corrected chi connectivity index (χ4v) is 1.30. The van der Waals surface area contributed by atoms with E-state index in [2.05, 4.69) is 0 Å². The number of benzene rings is 1. The van der Waals surface area contributed by atoms with Crippen LogP contribution in [-0.4, -0.2) is 12.6 Å². The van der Waals surface area contributed by atoms with E-state index in [9.17, 15) is 14.0 Å². The van der Waals surface area contributed by atoms with Crippen molar-refractivity contribution in [2.75, 3.05) is 0 Å². The van der Waals surface area contributed by atoms with Crippen molar-refractivity contribution in [3.63, 3.8) is 0 Å². The van der Waals surface area contributed by atoms with Crippen molar-refractivity contribution in [3.05, 3.63) is 40.7 Å². The largest absolute Gasteiger partial charge is 0.303 e. The molecule has 0 unspecified atom stereocenters. The highest BCUT2D eigenvalue weighted by molar-refractivity contribution is 5.83. The summed E-state index contributed by atoms with van der Waals surface area (Å²) in [5.74, 6) is -0.540. The molecule has 0 saturated heterocycles. The van der Waals surface area contributed by atoms with Crippen molar-refractivity contribution in [1.82, 2.24) is 0 Å². The fraction of sp³-hybridized carbons (Fsp3) is 0.167. The lowest BCUT2D eigenvalue weighted by Crippen LogP contribution is -1.95. The normalized spacial score (nSPS) is 10.5. The van der Waals surface area contributed by atoms with Gasteiger partial charge in [-0.15, -0.1) is 0 Å². The van der Waals surface area contributed by atoms with E-state index in [4.69, 9.17) is 0 Å². The molecule has 0 aliphatic heterocycles. The van der Waals surface area contributed by atoms with Crippen LogP contribution in [0.15, 0.2) is 18.2 Å². The van der Waals surface area contributed by atoms with Gasteiger partial charge in [0.1, 0.15) is 12.1 Å². The van der Waals surface area contributed by atoms with Crippen molar-refractivity contribution in [2.45, 2.75) is 13.3 Å². The van der Waals surface area contributed by atoms with Crippen LogP contribution in [0.2, 0.25) is 0 Å². The van der Waals surface area contributed by atoms with E-state index in [1.807, 2.05) is 0 Å². The van der Waals surface area contributed by atoms with Gasteiger partial charge in [-0.2, -0.15) is 0 Å². The van der Waals surface area contributed by atoms with Crippen LogP contribution in [0, 0.1) is 12.7 Å². The van der Waals surface area contributed by atoms with E-state index in [1.165, 1.54) is 6.07 Å². The van der Waals surface area contributed by atoms with Gasteiger partial charge in [0.25, 0.3) is 0 Å². The van der Waals surface area contributed by atoms with E-state index in [-0.39, 0.29) is 12.0 Å². The number of aldehydes is 2. The number of aryl methyl sites for hydroxylation is 1. The maximum absolute atomic E-state index is 13.2. The Morgan fingerprint density at radius 1 is 1.27 bits per heavy atom. The van der Waals surface area contributed by atoms with Crippen LogP contribution < -0.4 is 0 Å². The van der Waals surface area contributed by atoms with Crippen molar-refractivity contribution in [1.29, 1.82) is 0 Å². The zero-order valence-corrected chi connectivity index (χ0v) is 8.37. The van der Waals surface area contributed by atoms with Crippen LogP contribution in [0.25, 0.3) is 6.08 Å². The van der Waals surface area contributed by atoms with Gasteiger partial charge < -0.3 is 4.79 Å². The molecule has 0 radical (unpaired) electrons. The fourth-order valence-electron chi connectivity index (χ4n) is 1.30. The van der Waals surface area contributed by atoms with E-state index in [0.717, 1.165) is 11.8 Å². The Bertz CT molecular complexity index is 408. The van der Waals surface area contributed by atoms with Crippen molar-refractivity contribution in [3.8, 4) is 0 Å². The molecule has 0 aliphatic rings. The summed E-state index contributed by atoms with van der Waals surface area (Å²) in [5, 5.41) is 0. The Kier molecular flexibility index (Phi) is 3.92. The number of carbonyl (C=O) groups is 2. The molecule has 3 heteroatoms. The molecule has 0 heterocycles. The molecule has 0 bridgehead atoms. The summed E-state index contributed by atoms with van der Waals surface area (Å²) in [4.78, 5) is 20.8. The Morgan fingerprint density at radius 2 is 2.00 bits per heavy atom. The molecule has 0 amide bonds. The van der Waals surface area contributed by atoms with Gasteiger partial charge in [0.05, 0.1) is 5.56 Å². The third kappa shape index (κ3) is 2.59. The number of rotatable bonds is 4. The zero-order chi connectivity index (χ0) is 11.3. The number of halogens is 1. The Labute approximate surface area is 87.4 Å².